The molecule has 2 aromatic rings. The number of hydrogen-bond acceptors (Lipinski definition) is 3. The molecule has 136 valence electrons. The highest BCUT2D eigenvalue weighted by Gasteiger charge is 2.39. The number of nitrogens with one attached hydrogen (secondary N) is 1. The van der Waals surface area contributed by atoms with Crippen LogP contribution in [0.1, 0.15) is 29.8 Å². The second-order valence-electron chi connectivity index (χ2n) is 6.35. The Morgan fingerprint density at radius 1 is 1.19 bits per heavy atom. The van der Waals surface area contributed by atoms with Gasteiger partial charge in [0.15, 0.2) is 0 Å². The van der Waals surface area contributed by atoms with Gasteiger partial charge in [-0.1, -0.05) is 35.9 Å². The predicted octanol–water partition coefficient (Wildman–Crippen LogP) is 4.13. The third kappa shape index (κ3) is 4.07. The lowest BCUT2D eigenvalue weighted by Crippen LogP contribution is -2.33. The molecule has 1 heterocycles. The first kappa shape index (κ1) is 18.5. The van der Waals surface area contributed by atoms with E-state index in [0.717, 1.165) is 11.3 Å². The maximum atomic E-state index is 14.2. The monoisotopic (exact) mass is 372 g/mol. The van der Waals surface area contributed by atoms with E-state index in [9.17, 15) is 14.0 Å². The van der Waals surface area contributed by atoms with Crippen LogP contribution in [0.2, 0.25) is 0 Å². The van der Waals surface area contributed by atoms with Gasteiger partial charge in [-0.25, -0.2) is 4.39 Å². The van der Waals surface area contributed by atoms with Gasteiger partial charge in [0, 0.05) is 24.2 Å². The molecule has 1 aliphatic heterocycles. The summed E-state index contributed by atoms with van der Waals surface area (Å²) in [6.07, 6.45) is 0.165. The maximum absolute atomic E-state index is 14.2. The van der Waals surface area contributed by atoms with Gasteiger partial charge in [0.25, 0.3) is 0 Å². The molecule has 0 bridgehead atoms. The Morgan fingerprint density at radius 3 is 2.58 bits per heavy atom. The molecule has 2 aromatic carbocycles. The lowest BCUT2D eigenvalue weighted by molar-refractivity contribution is -0.130. The van der Waals surface area contributed by atoms with E-state index < -0.39 is 5.37 Å². The molecule has 2 unspecified atom stereocenters. The smallest absolute Gasteiger partial charge is 0.236 e. The zero-order chi connectivity index (χ0) is 18.7. The molecule has 0 aromatic heterocycles. The Kier molecular flexibility index (Phi) is 5.61. The molecule has 0 saturated carbocycles. The van der Waals surface area contributed by atoms with E-state index in [-0.39, 0.29) is 35.8 Å². The number of hydrogen-bond donors (Lipinski definition) is 1. The number of carbonyl (C=O) groups excluding carboxylic acids is 2. The standard InChI is InChI=1S/C20H21FN2O2S/c1-13-7-9-15(10-8-13)22-18(24)11-12-23-19(25)14(2)26-20(23)16-5-3-4-6-17(16)21/h3-10,14,20H,11-12H2,1-2H3,(H,22,24). The minimum atomic E-state index is -0.397. The van der Waals surface area contributed by atoms with Crippen LogP contribution in [0.15, 0.2) is 48.5 Å². The highest BCUT2D eigenvalue weighted by Crippen LogP contribution is 2.43. The lowest BCUT2D eigenvalue weighted by Gasteiger charge is -2.24. The first-order chi connectivity index (χ1) is 12.5. The summed E-state index contributed by atoms with van der Waals surface area (Å²) in [5.74, 6) is -0.564. The van der Waals surface area contributed by atoms with Crippen LogP contribution in [-0.2, 0) is 9.59 Å². The molecule has 3 rings (SSSR count). The molecular formula is C20H21FN2O2S. The zero-order valence-corrected chi connectivity index (χ0v) is 15.6. The summed E-state index contributed by atoms with van der Waals surface area (Å²) in [6.45, 7) is 4.05. The average molecular weight is 372 g/mol. The van der Waals surface area contributed by atoms with Crippen LogP contribution in [-0.4, -0.2) is 28.5 Å². The fourth-order valence-corrected chi connectivity index (χ4v) is 4.23. The molecule has 1 aliphatic rings. The van der Waals surface area contributed by atoms with Crippen LogP contribution in [0.5, 0.6) is 0 Å². The van der Waals surface area contributed by atoms with Crippen LogP contribution in [0.25, 0.3) is 0 Å². The number of amides is 2. The molecule has 0 radical (unpaired) electrons. The number of aryl methyl sites for hydroxylation is 1. The fraction of sp³-hybridized carbons (Fsp3) is 0.300. The van der Waals surface area contributed by atoms with Gasteiger partial charge in [0.1, 0.15) is 11.2 Å². The summed E-state index contributed by atoms with van der Waals surface area (Å²) in [7, 11) is 0. The zero-order valence-electron chi connectivity index (χ0n) is 14.7. The molecule has 1 N–H and O–H groups in total. The third-order valence-electron chi connectivity index (χ3n) is 4.33. The predicted molar refractivity (Wildman–Crippen MR) is 102 cm³/mol. The normalized spacial score (nSPS) is 19.7. The van der Waals surface area contributed by atoms with E-state index in [4.69, 9.17) is 0 Å². The number of anilines is 1. The van der Waals surface area contributed by atoms with Gasteiger partial charge >= 0.3 is 0 Å². The van der Waals surface area contributed by atoms with Crippen LogP contribution in [0.4, 0.5) is 10.1 Å². The summed E-state index contributed by atoms with van der Waals surface area (Å²) in [4.78, 5) is 26.3. The minimum Gasteiger partial charge on any atom is -0.326 e. The van der Waals surface area contributed by atoms with Gasteiger partial charge in [0.05, 0.1) is 5.25 Å². The second-order valence-corrected chi connectivity index (χ2v) is 7.77. The van der Waals surface area contributed by atoms with Crippen molar-refractivity contribution in [2.24, 2.45) is 0 Å². The fourth-order valence-electron chi connectivity index (χ4n) is 2.90. The number of rotatable bonds is 5. The van der Waals surface area contributed by atoms with Gasteiger partial charge in [-0.15, -0.1) is 11.8 Å². The van der Waals surface area contributed by atoms with Crippen molar-refractivity contribution in [2.45, 2.75) is 30.9 Å². The van der Waals surface area contributed by atoms with Crippen molar-refractivity contribution in [2.75, 3.05) is 11.9 Å². The lowest BCUT2D eigenvalue weighted by atomic mass is 10.2. The van der Waals surface area contributed by atoms with Gasteiger partial charge in [-0.05, 0) is 32.0 Å². The molecule has 0 spiro atoms. The Balaban J connectivity index is 1.66. The summed E-state index contributed by atoms with van der Waals surface area (Å²) in [6, 6.07) is 14.0. The van der Waals surface area contributed by atoms with E-state index in [1.165, 1.54) is 17.8 Å². The number of thioether (sulfide) groups is 1. The van der Waals surface area contributed by atoms with E-state index in [2.05, 4.69) is 5.32 Å². The maximum Gasteiger partial charge on any atom is 0.236 e. The van der Waals surface area contributed by atoms with E-state index in [1.54, 1.807) is 23.1 Å². The highest BCUT2D eigenvalue weighted by atomic mass is 32.2. The van der Waals surface area contributed by atoms with Gasteiger partial charge in [-0.3, -0.25) is 9.59 Å². The van der Waals surface area contributed by atoms with Crippen molar-refractivity contribution in [3.05, 3.63) is 65.5 Å². The van der Waals surface area contributed by atoms with Gasteiger partial charge < -0.3 is 10.2 Å². The van der Waals surface area contributed by atoms with Crippen molar-refractivity contribution < 1.29 is 14.0 Å². The molecule has 4 nitrogen and oxygen atoms in total. The van der Waals surface area contributed by atoms with E-state index in [1.807, 2.05) is 38.1 Å². The molecule has 1 fully saturated rings. The quantitative estimate of drug-likeness (QED) is 0.859. The molecule has 2 amide bonds. The van der Waals surface area contributed by atoms with Crippen molar-refractivity contribution in [1.82, 2.24) is 4.90 Å². The first-order valence-electron chi connectivity index (χ1n) is 8.52. The Bertz CT molecular complexity index is 810. The summed E-state index contributed by atoms with van der Waals surface area (Å²) in [5.41, 5.74) is 2.32. The number of carbonyl (C=O) groups is 2. The topological polar surface area (TPSA) is 49.4 Å². The summed E-state index contributed by atoms with van der Waals surface area (Å²) in [5, 5.41) is 2.18. The van der Waals surface area contributed by atoms with Crippen LogP contribution in [0, 0.1) is 12.7 Å². The summed E-state index contributed by atoms with van der Waals surface area (Å²) >= 11 is 1.41. The third-order valence-corrected chi connectivity index (χ3v) is 5.71. The van der Waals surface area contributed by atoms with Crippen LogP contribution >= 0.6 is 11.8 Å². The molecular weight excluding hydrogens is 351 g/mol. The van der Waals surface area contributed by atoms with Crippen molar-refractivity contribution in [1.29, 1.82) is 0 Å². The molecule has 6 heteroatoms. The number of benzene rings is 2. The molecule has 0 aliphatic carbocycles. The number of nitrogens with zero attached hydrogens (tertiary/aromatic N) is 1. The van der Waals surface area contributed by atoms with Crippen molar-refractivity contribution in [3.8, 4) is 0 Å². The Labute approximate surface area is 156 Å². The molecule has 2 atom stereocenters. The highest BCUT2D eigenvalue weighted by molar-refractivity contribution is 8.01. The number of halogens is 1. The van der Waals surface area contributed by atoms with E-state index in [0.29, 0.717) is 5.56 Å². The SMILES string of the molecule is Cc1ccc(NC(=O)CCN2C(=O)C(C)SC2c2ccccc2F)cc1. The van der Waals surface area contributed by atoms with Crippen LogP contribution < -0.4 is 5.32 Å². The molecule has 1 saturated heterocycles. The van der Waals surface area contributed by atoms with E-state index >= 15 is 0 Å². The Hall–Kier alpha value is -2.34. The van der Waals surface area contributed by atoms with Crippen molar-refractivity contribution in [3.63, 3.8) is 0 Å². The minimum absolute atomic E-state index is 0.0635. The molecule has 26 heavy (non-hydrogen) atoms. The van der Waals surface area contributed by atoms with Crippen LogP contribution in [0.3, 0.4) is 0 Å². The van der Waals surface area contributed by atoms with Crippen molar-refractivity contribution >= 4 is 29.3 Å². The second kappa shape index (κ2) is 7.91. The Morgan fingerprint density at radius 2 is 1.88 bits per heavy atom. The average Bonchev–Trinajstić information content (AvgIpc) is 2.90. The summed E-state index contributed by atoms with van der Waals surface area (Å²) < 4.78 is 14.2. The van der Waals surface area contributed by atoms with Gasteiger partial charge in [-0.2, -0.15) is 0 Å². The largest absolute Gasteiger partial charge is 0.326 e. The van der Waals surface area contributed by atoms with Gasteiger partial charge in [0.2, 0.25) is 11.8 Å². The first-order valence-corrected chi connectivity index (χ1v) is 9.47.